The van der Waals surface area contributed by atoms with E-state index in [0.29, 0.717) is 5.82 Å². The zero-order chi connectivity index (χ0) is 20.2. The lowest BCUT2D eigenvalue weighted by molar-refractivity contribution is 0.269. The number of rotatable bonds is 4. The molecule has 4 rings (SSSR count). The molecule has 3 aromatic heterocycles. The first-order valence-corrected chi connectivity index (χ1v) is 10.1. The molecule has 0 unspecified atom stereocenters. The van der Waals surface area contributed by atoms with E-state index in [1.807, 2.05) is 41.8 Å². The molecule has 144 valence electrons. The Morgan fingerprint density at radius 3 is 2.59 bits per heavy atom. The van der Waals surface area contributed by atoms with Crippen molar-refractivity contribution in [2.75, 3.05) is 0 Å². The summed E-state index contributed by atoms with van der Waals surface area (Å²) in [5.41, 5.74) is 4.42. The van der Waals surface area contributed by atoms with Crippen LogP contribution in [0.25, 0.3) is 5.00 Å². The molecular weight excluding hydrogens is 380 g/mol. The van der Waals surface area contributed by atoms with Crippen LogP contribution in [0.5, 0.6) is 0 Å². The summed E-state index contributed by atoms with van der Waals surface area (Å²) in [6.07, 6.45) is 4.29. The summed E-state index contributed by atoms with van der Waals surface area (Å²) in [6, 6.07) is 14.2. The Balaban J connectivity index is 1.84. The van der Waals surface area contributed by atoms with Gasteiger partial charge in [-0.2, -0.15) is 0 Å². The highest BCUT2D eigenvalue weighted by molar-refractivity contribution is 7.15. The molecule has 0 saturated carbocycles. The van der Waals surface area contributed by atoms with Gasteiger partial charge in [0.2, 0.25) is 0 Å². The number of aryl methyl sites for hydroxylation is 1. The quantitative estimate of drug-likeness (QED) is 0.529. The minimum absolute atomic E-state index is 0.164. The molecule has 0 fully saturated rings. The van der Waals surface area contributed by atoms with Gasteiger partial charge in [0.25, 0.3) is 0 Å². The summed E-state index contributed by atoms with van der Waals surface area (Å²) in [5, 5.41) is 18.9. The van der Waals surface area contributed by atoms with Crippen LogP contribution >= 0.6 is 11.3 Å². The zero-order valence-corrected chi connectivity index (χ0v) is 17.1. The van der Waals surface area contributed by atoms with E-state index < -0.39 is 0 Å². The Morgan fingerprint density at radius 2 is 1.86 bits per heavy atom. The van der Waals surface area contributed by atoms with Crippen LogP contribution in [0.1, 0.15) is 38.8 Å². The van der Waals surface area contributed by atoms with Crippen LogP contribution < -0.4 is 0 Å². The molecule has 0 spiro atoms. The maximum Gasteiger partial charge on any atom is 0.164 e. The van der Waals surface area contributed by atoms with Gasteiger partial charge in [-0.25, -0.2) is 0 Å². The predicted octanol–water partition coefficient (Wildman–Crippen LogP) is 3.82. The summed E-state index contributed by atoms with van der Waals surface area (Å²) in [7, 11) is 0. The molecule has 1 N–H and O–H groups in total. The van der Waals surface area contributed by atoms with Crippen molar-refractivity contribution in [1.82, 2.24) is 19.7 Å². The van der Waals surface area contributed by atoms with Crippen molar-refractivity contribution >= 4 is 11.3 Å². The molecule has 4 aromatic rings. The van der Waals surface area contributed by atoms with Crippen molar-refractivity contribution in [2.24, 2.45) is 0 Å². The van der Waals surface area contributed by atoms with E-state index in [0.717, 1.165) is 33.3 Å². The maximum absolute atomic E-state index is 9.69. The fourth-order valence-electron chi connectivity index (χ4n) is 3.20. The van der Waals surface area contributed by atoms with E-state index in [1.165, 1.54) is 11.1 Å². The summed E-state index contributed by atoms with van der Waals surface area (Å²) in [4.78, 5) is 5.14. The summed E-state index contributed by atoms with van der Waals surface area (Å²) in [6.45, 7) is 3.83. The van der Waals surface area contributed by atoms with Gasteiger partial charge in [-0.3, -0.25) is 9.55 Å². The summed E-state index contributed by atoms with van der Waals surface area (Å²) < 4.78 is 1.92. The lowest BCUT2D eigenvalue weighted by atomic mass is 10.0. The van der Waals surface area contributed by atoms with E-state index in [9.17, 15) is 5.11 Å². The molecule has 0 amide bonds. The Morgan fingerprint density at radius 1 is 1.03 bits per heavy atom. The Kier molecular flexibility index (Phi) is 5.52. The minimum Gasteiger partial charge on any atom is -0.388 e. The second kappa shape index (κ2) is 8.39. The van der Waals surface area contributed by atoms with Crippen molar-refractivity contribution in [3.05, 3.63) is 93.6 Å². The molecule has 6 heteroatoms. The molecule has 0 radical (unpaired) electrons. The number of nitrogens with zero attached hydrogens (tertiary/aromatic N) is 4. The third-order valence-electron chi connectivity index (χ3n) is 4.69. The SMILES string of the molecule is Cc1c(-n2c(C)nnc2CO)sc(C#Cc2cccnc2)c1Cc1ccccc1. The van der Waals surface area contributed by atoms with Crippen molar-refractivity contribution in [3.8, 4) is 16.8 Å². The minimum atomic E-state index is -0.164. The van der Waals surface area contributed by atoms with Crippen LogP contribution in [0, 0.1) is 25.7 Å². The lowest BCUT2D eigenvalue weighted by Crippen LogP contribution is -2.03. The average Bonchev–Trinajstić information content (AvgIpc) is 3.27. The third kappa shape index (κ3) is 3.97. The molecular formula is C23H20N4OS. The van der Waals surface area contributed by atoms with E-state index in [4.69, 9.17) is 0 Å². The van der Waals surface area contributed by atoms with Gasteiger partial charge < -0.3 is 5.11 Å². The number of thiophene rings is 1. The number of aliphatic hydroxyl groups is 1. The van der Waals surface area contributed by atoms with Gasteiger partial charge in [0.15, 0.2) is 5.82 Å². The molecule has 0 bridgehead atoms. The number of aliphatic hydroxyl groups excluding tert-OH is 1. The summed E-state index contributed by atoms with van der Waals surface area (Å²) in [5.74, 6) is 7.84. The Hall–Kier alpha value is -3.27. The molecule has 0 aliphatic heterocycles. The van der Waals surface area contributed by atoms with Gasteiger partial charge in [-0.15, -0.1) is 21.5 Å². The van der Waals surface area contributed by atoms with Crippen LogP contribution in [0.15, 0.2) is 54.9 Å². The van der Waals surface area contributed by atoms with E-state index in [2.05, 4.69) is 46.1 Å². The molecule has 0 saturated heterocycles. The highest BCUT2D eigenvalue weighted by Gasteiger charge is 2.20. The van der Waals surface area contributed by atoms with E-state index in [-0.39, 0.29) is 6.61 Å². The van der Waals surface area contributed by atoms with Gasteiger partial charge >= 0.3 is 0 Å². The van der Waals surface area contributed by atoms with Crippen molar-refractivity contribution in [2.45, 2.75) is 26.9 Å². The third-order valence-corrected chi connectivity index (χ3v) is 5.92. The standard InChI is InChI=1S/C23H20N4OS/c1-16-20(13-18-7-4-3-5-8-18)21(11-10-19-9-6-12-24-14-19)29-23(16)27-17(2)25-26-22(27)15-28/h3-9,12,14,28H,13,15H2,1-2H3. The van der Waals surface area contributed by atoms with Crippen LogP contribution in [0.4, 0.5) is 0 Å². The second-order valence-electron chi connectivity index (χ2n) is 6.65. The maximum atomic E-state index is 9.69. The molecule has 5 nitrogen and oxygen atoms in total. The van der Waals surface area contributed by atoms with Gasteiger partial charge in [-0.05, 0) is 49.1 Å². The van der Waals surface area contributed by atoms with Crippen molar-refractivity contribution in [3.63, 3.8) is 0 Å². The predicted molar refractivity (Wildman–Crippen MR) is 114 cm³/mol. The fraction of sp³-hybridized carbons (Fsp3) is 0.174. The average molecular weight is 401 g/mol. The summed E-state index contributed by atoms with van der Waals surface area (Å²) >= 11 is 1.60. The lowest BCUT2D eigenvalue weighted by Gasteiger charge is -2.07. The number of hydrogen-bond acceptors (Lipinski definition) is 5. The molecule has 0 aliphatic rings. The van der Waals surface area contributed by atoms with Crippen LogP contribution in [-0.2, 0) is 13.0 Å². The van der Waals surface area contributed by atoms with Crippen LogP contribution in [0.2, 0.25) is 0 Å². The Labute approximate surface area is 173 Å². The topological polar surface area (TPSA) is 63.8 Å². The first-order valence-electron chi connectivity index (χ1n) is 9.27. The molecule has 0 aliphatic carbocycles. The normalized spacial score (nSPS) is 10.6. The highest BCUT2D eigenvalue weighted by Crippen LogP contribution is 2.34. The van der Waals surface area contributed by atoms with E-state index >= 15 is 0 Å². The molecule has 0 atom stereocenters. The van der Waals surface area contributed by atoms with Gasteiger partial charge in [0.1, 0.15) is 17.4 Å². The monoisotopic (exact) mass is 400 g/mol. The molecule has 1 aromatic carbocycles. The van der Waals surface area contributed by atoms with Crippen LogP contribution in [0.3, 0.4) is 0 Å². The van der Waals surface area contributed by atoms with Crippen molar-refractivity contribution < 1.29 is 5.11 Å². The number of hydrogen-bond donors (Lipinski definition) is 1. The fourth-order valence-corrected chi connectivity index (χ4v) is 4.45. The number of aromatic nitrogens is 4. The first kappa shape index (κ1) is 19.1. The largest absolute Gasteiger partial charge is 0.388 e. The highest BCUT2D eigenvalue weighted by atomic mass is 32.1. The molecule has 29 heavy (non-hydrogen) atoms. The zero-order valence-electron chi connectivity index (χ0n) is 16.3. The van der Waals surface area contributed by atoms with Gasteiger partial charge in [-0.1, -0.05) is 42.2 Å². The van der Waals surface area contributed by atoms with Gasteiger partial charge in [0, 0.05) is 18.0 Å². The number of pyridine rings is 1. The van der Waals surface area contributed by atoms with Crippen molar-refractivity contribution in [1.29, 1.82) is 0 Å². The number of benzene rings is 1. The molecule has 3 heterocycles. The van der Waals surface area contributed by atoms with E-state index in [1.54, 1.807) is 23.7 Å². The Bertz CT molecular complexity index is 1180. The van der Waals surface area contributed by atoms with Gasteiger partial charge in [0.05, 0.1) is 4.88 Å². The van der Waals surface area contributed by atoms with Crippen LogP contribution in [-0.4, -0.2) is 24.9 Å². The first-order chi connectivity index (χ1) is 14.2. The second-order valence-corrected chi connectivity index (χ2v) is 7.65. The smallest absolute Gasteiger partial charge is 0.164 e.